The monoisotopic (exact) mass is 463 g/mol. The van der Waals surface area contributed by atoms with E-state index >= 15 is 0 Å². The maximum absolute atomic E-state index is 13.0. The van der Waals surface area contributed by atoms with E-state index in [-0.39, 0.29) is 5.82 Å². The first-order valence-corrected chi connectivity index (χ1v) is 9.91. The third-order valence-corrected chi connectivity index (χ3v) is 5.18. The van der Waals surface area contributed by atoms with Gasteiger partial charge in [-0.2, -0.15) is 0 Å². The van der Waals surface area contributed by atoms with Crippen molar-refractivity contribution in [2.45, 2.75) is 19.7 Å². The van der Waals surface area contributed by atoms with Gasteiger partial charge in [-0.15, -0.1) is 0 Å². The molecule has 0 heterocycles. The van der Waals surface area contributed by atoms with Gasteiger partial charge in [-0.1, -0.05) is 51.8 Å². The first-order chi connectivity index (χ1) is 13.6. The minimum atomic E-state index is -0.240. The molecule has 3 aromatic carbocycles. The molecule has 0 aliphatic carbocycles. The maximum Gasteiger partial charge on any atom is 0.167 e. The summed E-state index contributed by atoms with van der Waals surface area (Å²) < 4.78 is 25.6. The van der Waals surface area contributed by atoms with Gasteiger partial charge in [-0.3, -0.25) is 0 Å². The Morgan fingerprint density at radius 3 is 2.50 bits per heavy atom. The number of rotatable bonds is 8. The van der Waals surface area contributed by atoms with Crippen LogP contribution in [-0.4, -0.2) is 7.11 Å². The zero-order valence-corrected chi connectivity index (χ0v) is 17.7. The Bertz CT molecular complexity index is 934. The molecule has 0 amide bonds. The first-order valence-electron chi connectivity index (χ1n) is 8.74. The number of ether oxygens (including phenoxy) is 2. The summed E-state index contributed by atoms with van der Waals surface area (Å²) in [6.07, 6.45) is 0. The molecule has 3 nitrogen and oxygen atoms in total. The van der Waals surface area contributed by atoms with Crippen molar-refractivity contribution in [3.05, 3.63) is 92.7 Å². The highest BCUT2D eigenvalue weighted by atomic mass is 79.9. The van der Waals surface area contributed by atoms with Crippen molar-refractivity contribution in [1.82, 2.24) is 5.32 Å². The molecule has 0 saturated carbocycles. The zero-order chi connectivity index (χ0) is 19.9. The normalized spacial score (nSPS) is 10.7. The van der Waals surface area contributed by atoms with E-state index < -0.39 is 0 Å². The molecular weight excluding hydrogens is 445 g/mol. The Morgan fingerprint density at radius 2 is 1.79 bits per heavy atom. The quantitative estimate of drug-likeness (QED) is 0.436. The molecule has 1 N–H and O–H groups in total. The van der Waals surface area contributed by atoms with Gasteiger partial charge in [0.05, 0.1) is 7.11 Å². The summed E-state index contributed by atoms with van der Waals surface area (Å²) in [5.74, 6) is 1.09. The highest BCUT2D eigenvalue weighted by molar-refractivity contribution is 9.10. The number of hydrogen-bond acceptors (Lipinski definition) is 3. The molecule has 0 bridgehead atoms. The molecule has 6 heteroatoms. The van der Waals surface area contributed by atoms with Gasteiger partial charge in [0.2, 0.25) is 0 Å². The largest absolute Gasteiger partial charge is 0.493 e. The van der Waals surface area contributed by atoms with Crippen molar-refractivity contribution in [2.75, 3.05) is 7.11 Å². The molecule has 3 rings (SSSR count). The summed E-state index contributed by atoms with van der Waals surface area (Å²) in [4.78, 5) is 0. The number of benzene rings is 3. The van der Waals surface area contributed by atoms with E-state index in [0.29, 0.717) is 36.2 Å². The lowest BCUT2D eigenvalue weighted by atomic mass is 10.1. The molecule has 0 saturated heterocycles. The van der Waals surface area contributed by atoms with Crippen molar-refractivity contribution in [3.63, 3.8) is 0 Å². The molecule has 0 fully saturated rings. The zero-order valence-electron chi connectivity index (χ0n) is 15.3. The second-order valence-corrected chi connectivity index (χ2v) is 7.50. The third-order valence-electron chi connectivity index (χ3n) is 4.20. The summed E-state index contributed by atoms with van der Waals surface area (Å²) in [7, 11) is 1.62. The highest BCUT2D eigenvalue weighted by Crippen LogP contribution is 2.37. The predicted octanol–water partition coefficient (Wildman–Crippen LogP) is 6.12. The molecule has 146 valence electrons. The van der Waals surface area contributed by atoms with Gasteiger partial charge in [-0.05, 0) is 47.5 Å². The highest BCUT2D eigenvalue weighted by Gasteiger charge is 2.15. The van der Waals surface area contributed by atoms with Crippen LogP contribution in [0.5, 0.6) is 11.5 Å². The summed E-state index contributed by atoms with van der Waals surface area (Å²) in [5, 5.41) is 4.04. The molecular formula is C22H20BrClFNO2. The fourth-order valence-electron chi connectivity index (χ4n) is 2.78. The molecule has 28 heavy (non-hydrogen) atoms. The standard InChI is InChI=1S/C22H20BrClFNO2/c1-27-21-10-9-20(23)19(13-26-12-15-5-7-18(25)8-6-15)22(21)28-14-16-3-2-4-17(24)11-16/h2-11,26H,12-14H2,1H3. The van der Waals surface area contributed by atoms with Crippen LogP contribution in [0.3, 0.4) is 0 Å². The summed E-state index contributed by atoms with van der Waals surface area (Å²) in [5.41, 5.74) is 2.92. The molecule has 0 unspecified atom stereocenters. The van der Waals surface area contributed by atoms with Gasteiger partial charge in [-0.25, -0.2) is 4.39 Å². The van der Waals surface area contributed by atoms with Crippen molar-refractivity contribution < 1.29 is 13.9 Å². The van der Waals surface area contributed by atoms with Crippen molar-refractivity contribution in [3.8, 4) is 11.5 Å². The summed E-state index contributed by atoms with van der Waals surface area (Å²) >= 11 is 9.66. The number of methoxy groups -OCH3 is 1. The fourth-order valence-corrected chi connectivity index (χ4v) is 3.45. The van der Waals surface area contributed by atoms with Crippen molar-refractivity contribution in [1.29, 1.82) is 0 Å². The van der Waals surface area contributed by atoms with Crippen LogP contribution in [0.2, 0.25) is 5.02 Å². The van der Waals surface area contributed by atoms with E-state index in [2.05, 4.69) is 21.2 Å². The average Bonchev–Trinajstić information content (AvgIpc) is 2.69. The van der Waals surface area contributed by atoms with Crippen LogP contribution in [0.25, 0.3) is 0 Å². The van der Waals surface area contributed by atoms with E-state index in [0.717, 1.165) is 21.2 Å². The smallest absolute Gasteiger partial charge is 0.167 e. The lowest BCUT2D eigenvalue weighted by Gasteiger charge is -2.17. The van der Waals surface area contributed by atoms with Gasteiger partial charge < -0.3 is 14.8 Å². The lowest BCUT2D eigenvalue weighted by Crippen LogP contribution is -2.14. The fraction of sp³-hybridized carbons (Fsp3) is 0.182. The predicted molar refractivity (Wildman–Crippen MR) is 113 cm³/mol. The van der Waals surface area contributed by atoms with E-state index in [9.17, 15) is 4.39 Å². The molecule has 0 aliphatic rings. The Hall–Kier alpha value is -2.08. The van der Waals surface area contributed by atoms with Crippen molar-refractivity contribution in [2.24, 2.45) is 0 Å². The SMILES string of the molecule is COc1ccc(Br)c(CNCc2ccc(F)cc2)c1OCc1cccc(Cl)c1. The molecule has 0 radical (unpaired) electrons. The Balaban J connectivity index is 1.74. The lowest BCUT2D eigenvalue weighted by molar-refractivity contribution is 0.280. The molecule has 0 atom stereocenters. The van der Waals surface area contributed by atoms with Gasteiger partial charge in [0.1, 0.15) is 12.4 Å². The number of halogens is 3. The van der Waals surface area contributed by atoms with E-state index in [1.54, 1.807) is 19.2 Å². The Labute approximate surface area is 177 Å². The van der Waals surface area contributed by atoms with Crippen LogP contribution in [0.4, 0.5) is 4.39 Å². The average molecular weight is 465 g/mol. The topological polar surface area (TPSA) is 30.5 Å². The second kappa shape index (κ2) is 9.92. The van der Waals surface area contributed by atoms with E-state index in [4.69, 9.17) is 21.1 Å². The number of hydrogen-bond donors (Lipinski definition) is 1. The summed E-state index contributed by atoms with van der Waals surface area (Å²) in [6, 6.07) is 17.8. The van der Waals surface area contributed by atoms with Gasteiger partial charge in [0.15, 0.2) is 11.5 Å². The Kier molecular flexibility index (Phi) is 7.31. The first kappa shape index (κ1) is 20.6. The van der Waals surface area contributed by atoms with Crippen LogP contribution in [0, 0.1) is 5.82 Å². The molecule has 0 spiro atoms. The molecule has 0 aliphatic heterocycles. The van der Waals surface area contributed by atoms with Crippen LogP contribution in [-0.2, 0) is 19.7 Å². The van der Waals surface area contributed by atoms with Gasteiger partial charge >= 0.3 is 0 Å². The van der Waals surface area contributed by atoms with Crippen LogP contribution in [0.15, 0.2) is 65.1 Å². The maximum atomic E-state index is 13.0. The minimum absolute atomic E-state index is 0.240. The van der Waals surface area contributed by atoms with Gasteiger partial charge in [0, 0.05) is 28.1 Å². The summed E-state index contributed by atoms with van der Waals surface area (Å²) in [6.45, 7) is 1.54. The third kappa shape index (κ3) is 5.47. The van der Waals surface area contributed by atoms with Crippen LogP contribution >= 0.6 is 27.5 Å². The minimum Gasteiger partial charge on any atom is -0.493 e. The molecule has 0 aromatic heterocycles. The van der Waals surface area contributed by atoms with E-state index in [1.807, 2.05) is 36.4 Å². The van der Waals surface area contributed by atoms with Crippen LogP contribution < -0.4 is 14.8 Å². The van der Waals surface area contributed by atoms with Gasteiger partial charge in [0.25, 0.3) is 0 Å². The Morgan fingerprint density at radius 1 is 1.00 bits per heavy atom. The second-order valence-electron chi connectivity index (χ2n) is 6.21. The molecule has 3 aromatic rings. The number of nitrogens with one attached hydrogen (secondary N) is 1. The van der Waals surface area contributed by atoms with E-state index in [1.165, 1.54) is 12.1 Å². The van der Waals surface area contributed by atoms with Crippen LogP contribution in [0.1, 0.15) is 16.7 Å². The van der Waals surface area contributed by atoms with Crippen molar-refractivity contribution >= 4 is 27.5 Å².